The highest BCUT2D eigenvalue weighted by Crippen LogP contribution is 2.20. The molecule has 0 saturated carbocycles. The Balaban J connectivity index is 2.11. The number of hydrogen-bond donors (Lipinski definition) is 2. The Hall–Kier alpha value is -1.86. The second kappa shape index (κ2) is 6.73. The van der Waals surface area contributed by atoms with E-state index in [0.717, 1.165) is 13.0 Å². The number of para-hydroxylation sites is 1. The third-order valence-corrected chi connectivity index (χ3v) is 3.98. The molecule has 0 aliphatic heterocycles. The molecule has 0 radical (unpaired) electrons. The molecule has 0 aliphatic carbocycles. The molecule has 5 nitrogen and oxygen atoms in total. The van der Waals surface area contributed by atoms with E-state index in [0.29, 0.717) is 12.3 Å². The van der Waals surface area contributed by atoms with Crippen LogP contribution in [-0.4, -0.2) is 15.0 Å². The fraction of sp³-hybridized carbons (Fsp3) is 0.286. The van der Waals surface area contributed by atoms with Crippen LogP contribution < -0.4 is 10.0 Å². The molecule has 1 heterocycles. The van der Waals surface area contributed by atoms with Gasteiger partial charge in [-0.05, 0) is 37.2 Å². The maximum absolute atomic E-state index is 13.5. The maximum atomic E-state index is 13.5. The SMILES string of the molecule is CCCNCc1ccc(S(=O)(=O)Nc2ccccc2F)o1. The van der Waals surface area contributed by atoms with Gasteiger partial charge in [-0.2, -0.15) is 8.42 Å². The van der Waals surface area contributed by atoms with Gasteiger partial charge < -0.3 is 9.73 Å². The molecule has 0 unspecified atom stereocenters. The number of furan rings is 1. The minimum atomic E-state index is -3.93. The van der Waals surface area contributed by atoms with E-state index in [4.69, 9.17) is 4.42 Å². The maximum Gasteiger partial charge on any atom is 0.295 e. The van der Waals surface area contributed by atoms with Gasteiger partial charge in [-0.15, -0.1) is 0 Å². The lowest BCUT2D eigenvalue weighted by molar-refractivity contribution is 0.403. The minimum Gasteiger partial charge on any atom is -0.446 e. The van der Waals surface area contributed by atoms with Gasteiger partial charge >= 0.3 is 0 Å². The first-order valence-corrected chi connectivity index (χ1v) is 8.08. The summed E-state index contributed by atoms with van der Waals surface area (Å²) in [5.74, 6) is -0.130. The van der Waals surface area contributed by atoms with Crippen molar-refractivity contribution in [2.24, 2.45) is 0 Å². The van der Waals surface area contributed by atoms with Gasteiger partial charge in [0.1, 0.15) is 11.6 Å². The molecule has 1 aromatic carbocycles. The molecule has 2 rings (SSSR count). The van der Waals surface area contributed by atoms with Crippen LogP contribution in [0.25, 0.3) is 0 Å². The first kappa shape index (κ1) is 15.5. The predicted octanol–water partition coefficient (Wildman–Crippen LogP) is 2.72. The van der Waals surface area contributed by atoms with Crippen molar-refractivity contribution in [2.75, 3.05) is 11.3 Å². The number of halogens is 1. The van der Waals surface area contributed by atoms with Gasteiger partial charge in [0.15, 0.2) is 0 Å². The Bertz CT molecular complexity index is 698. The van der Waals surface area contributed by atoms with Crippen LogP contribution in [0.2, 0.25) is 0 Å². The quantitative estimate of drug-likeness (QED) is 0.771. The van der Waals surface area contributed by atoms with Gasteiger partial charge in [-0.3, -0.25) is 4.72 Å². The molecule has 0 saturated heterocycles. The fourth-order valence-electron chi connectivity index (χ4n) is 1.73. The van der Waals surface area contributed by atoms with Crippen LogP contribution in [0.3, 0.4) is 0 Å². The summed E-state index contributed by atoms with van der Waals surface area (Å²) in [7, 11) is -3.93. The smallest absolute Gasteiger partial charge is 0.295 e. The molecule has 0 bridgehead atoms. The Morgan fingerprint density at radius 2 is 1.95 bits per heavy atom. The molecule has 0 amide bonds. The Morgan fingerprint density at radius 3 is 2.67 bits per heavy atom. The van der Waals surface area contributed by atoms with Gasteiger partial charge in [0.25, 0.3) is 10.0 Å². The summed E-state index contributed by atoms with van der Waals surface area (Å²) in [6.07, 6.45) is 0.973. The van der Waals surface area contributed by atoms with Gasteiger partial charge in [-0.25, -0.2) is 4.39 Å². The van der Waals surface area contributed by atoms with Crippen molar-refractivity contribution in [1.82, 2.24) is 5.32 Å². The summed E-state index contributed by atoms with van der Waals surface area (Å²) in [5, 5.41) is 2.87. The lowest BCUT2D eigenvalue weighted by Gasteiger charge is -2.06. The summed E-state index contributed by atoms with van der Waals surface area (Å²) in [4.78, 5) is 0. The third kappa shape index (κ3) is 4.05. The zero-order chi connectivity index (χ0) is 15.3. The van der Waals surface area contributed by atoms with E-state index < -0.39 is 15.8 Å². The molecule has 0 spiro atoms. The van der Waals surface area contributed by atoms with E-state index in [9.17, 15) is 12.8 Å². The van der Waals surface area contributed by atoms with E-state index in [1.807, 2.05) is 6.92 Å². The van der Waals surface area contributed by atoms with Gasteiger partial charge in [0.2, 0.25) is 5.09 Å². The largest absolute Gasteiger partial charge is 0.446 e. The van der Waals surface area contributed by atoms with Crippen LogP contribution in [0.4, 0.5) is 10.1 Å². The molecule has 0 atom stereocenters. The third-order valence-electron chi connectivity index (χ3n) is 2.75. The number of sulfonamides is 1. The molecule has 0 fully saturated rings. The van der Waals surface area contributed by atoms with Crippen LogP contribution in [0.15, 0.2) is 45.9 Å². The molecule has 114 valence electrons. The number of hydrogen-bond acceptors (Lipinski definition) is 4. The highest BCUT2D eigenvalue weighted by molar-refractivity contribution is 7.92. The average molecular weight is 312 g/mol. The molecule has 2 N–H and O–H groups in total. The molecule has 7 heteroatoms. The van der Waals surface area contributed by atoms with Crippen LogP contribution in [-0.2, 0) is 16.6 Å². The molecule has 2 aromatic rings. The highest BCUT2D eigenvalue weighted by Gasteiger charge is 2.20. The van der Waals surface area contributed by atoms with Gasteiger partial charge in [-0.1, -0.05) is 19.1 Å². The summed E-state index contributed by atoms with van der Waals surface area (Å²) in [6, 6.07) is 8.49. The molecule has 21 heavy (non-hydrogen) atoms. The number of nitrogens with one attached hydrogen (secondary N) is 2. The second-order valence-electron chi connectivity index (χ2n) is 4.48. The normalized spacial score (nSPS) is 11.5. The van der Waals surface area contributed by atoms with Crippen molar-refractivity contribution < 1.29 is 17.2 Å². The second-order valence-corrected chi connectivity index (χ2v) is 6.10. The van der Waals surface area contributed by atoms with Crippen molar-refractivity contribution >= 4 is 15.7 Å². The fourth-order valence-corrected chi connectivity index (χ4v) is 2.74. The molecule has 0 aliphatic rings. The summed E-state index contributed by atoms with van der Waals surface area (Å²) in [6.45, 7) is 3.29. The number of benzene rings is 1. The van der Waals surface area contributed by atoms with Crippen molar-refractivity contribution in [3.8, 4) is 0 Å². The highest BCUT2D eigenvalue weighted by atomic mass is 32.2. The Labute approximate surface area is 123 Å². The molecule has 1 aromatic heterocycles. The zero-order valence-corrected chi connectivity index (χ0v) is 12.4. The van der Waals surface area contributed by atoms with Gasteiger partial charge in [0.05, 0.1) is 12.2 Å². The van der Waals surface area contributed by atoms with Crippen LogP contribution in [0.5, 0.6) is 0 Å². The van der Waals surface area contributed by atoms with Crippen LogP contribution >= 0.6 is 0 Å². The van der Waals surface area contributed by atoms with E-state index in [1.165, 1.54) is 24.3 Å². The predicted molar refractivity (Wildman–Crippen MR) is 77.9 cm³/mol. The number of anilines is 1. The Morgan fingerprint density at radius 1 is 1.19 bits per heavy atom. The number of rotatable bonds is 7. The van der Waals surface area contributed by atoms with Crippen LogP contribution in [0.1, 0.15) is 19.1 Å². The monoisotopic (exact) mass is 312 g/mol. The lowest BCUT2D eigenvalue weighted by atomic mass is 10.3. The minimum absolute atomic E-state index is 0.112. The van der Waals surface area contributed by atoms with Crippen LogP contribution in [0, 0.1) is 5.82 Å². The summed E-state index contributed by atoms with van der Waals surface area (Å²) >= 11 is 0. The van der Waals surface area contributed by atoms with Crippen molar-refractivity contribution in [3.63, 3.8) is 0 Å². The van der Waals surface area contributed by atoms with E-state index >= 15 is 0 Å². The molecular formula is C14H17FN2O3S. The first-order valence-electron chi connectivity index (χ1n) is 6.59. The average Bonchev–Trinajstić information content (AvgIpc) is 2.91. The Kier molecular flexibility index (Phi) is 4.98. The standard InChI is InChI=1S/C14H17FN2O3S/c1-2-9-16-10-11-7-8-14(20-11)21(18,19)17-13-6-4-3-5-12(13)15/h3-8,16-17H,2,9-10H2,1H3. The first-order chi connectivity index (χ1) is 10.0. The zero-order valence-electron chi connectivity index (χ0n) is 11.6. The van der Waals surface area contributed by atoms with E-state index in [-0.39, 0.29) is 10.8 Å². The summed E-state index contributed by atoms with van der Waals surface area (Å²) in [5.41, 5.74) is -0.112. The van der Waals surface area contributed by atoms with Crippen molar-refractivity contribution in [1.29, 1.82) is 0 Å². The molecular weight excluding hydrogens is 295 g/mol. The topological polar surface area (TPSA) is 71.3 Å². The van der Waals surface area contributed by atoms with E-state index in [2.05, 4.69) is 10.0 Å². The van der Waals surface area contributed by atoms with E-state index in [1.54, 1.807) is 12.1 Å². The van der Waals surface area contributed by atoms with Gasteiger partial charge in [0, 0.05) is 0 Å². The van der Waals surface area contributed by atoms with Crippen molar-refractivity contribution in [3.05, 3.63) is 48.0 Å². The lowest BCUT2D eigenvalue weighted by Crippen LogP contribution is -2.14. The van der Waals surface area contributed by atoms with Crippen molar-refractivity contribution in [2.45, 2.75) is 25.0 Å². The summed E-state index contributed by atoms with van der Waals surface area (Å²) < 4.78 is 45.1.